The molecular formula is C14H15N3O2. The summed E-state index contributed by atoms with van der Waals surface area (Å²) in [7, 11) is 1.64. The quantitative estimate of drug-likeness (QED) is 0.866. The molecule has 0 aliphatic carbocycles. The topological polar surface area (TPSA) is 67.0 Å². The monoisotopic (exact) mass is 257 g/mol. The number of rotatable bonds is 2. The van der Waals surface area contributed by atoms with Crippen molar-refractivity contribution >= 4 is 11.7 Å². The Morgan fingerprint density at radius 2 is 2.16 bits per heavy atom. The van der Waals surface area contributed by atoms with E-state index in [4.69, 9.17) is 4.74 Å². The average Bonchev–Trinajstić information content (AvgIpc) is 2.79. The Morgan fingerprint density at radius 3 is 2.95 bits per heavy atom. The number of para-hydroxylation sites is 1. The van der Waals surface area contributed by atoms with Gasteiger partial charge in [0.05, 0.1) is 7.11 Å². The molecule has 19 heavy (non-hydrogen) atoms. The highest BCUT2D eigenvalue weighted by Gasteiger charge is 2.31. The summed E-state index contributed by atoms with van der Waals surface area (Å²) in [4.78, 5) is 11.8. The molecule has 0 fully saturated rings. The second-order valence-electron chi connectivity index (χ2n) is 4.66. The Bertz CT molecular complexity index is 633. The highest BCUT2D eigenvalue weighted by atomic mass is 16.5. The minimum Gasteiger partial charge on any atom is -0.496 e. The number of hydrogen-bond acceptors (Lipinski definition) is 3. The van der Waals surface area contributed by atoms with Crippen molar-refractivity contribution in [2.45, 2.75) is 19.3 Å². The van der Waals surface area contributed by atoms with Crippen LogP contribution in [0.1, 0.15) is 29.2 Å². The first-order chi connectivity index (χ1) is 9.20. The number of nitrogens with zero attached hydrogens (tertiary/aromatic N) is 1. The Kier molecular flexibility index (Phi) is 2.74. The molecule has 3 rings (SSSR count). The summed E-state index contributed by atoms with van der Waals surface area (Å²) in [5, 5.41) is 9.87. The summed E-state index contributed by atoms with van der Waals surface area (Å²) in [6.45, 7) is 1.96. The maximum absolute atomic E-state index is 11.8. The van der Waals surface area contributed by atoms with E-state index in [0.717, 1.165) is 22.6 Å². The van der Waals surface area contributed by atoms with E-state index in [1.54, 1.807) is 7.11 Å². The molecule has 1 amide bonds. The van der Waals surface area contributed by atoms with Gasteiger partial charge in [-0.25, -0.2) is 0 Å². The molecule has 98 valence electrons. The number of anilines is 1. The second-order valence-corrected chi connectivity index (χ2v) is 4.66. The van der Waals surface area contributed by atoms with Crippen LogP contribution in [0.3, 0.4) is 0 Å². The number of carbonyl (C=O) groups excluding carboxylic acids is 1. The van der Waals surface area contributed by atoms with Crippen LogP contribution in [0.5, 0.6) is 5.75 Å². The highest BCUT2D eigenvalue weighted by molar-refractivity contribution is 5.94. The number of benzene rings is 1. The summed E-state index contributed by atoms with van der Waals surface area (Å²) < 4.78 is 5.40. The van der Waals surface area contributed by atoms with Crippen LogP contribution in [-0.4, -0.2) is 23.2 Å². The predicted molar refractivity (Wildman–Crippen MR) is 71.4 cm³/mol. The van der Waals surface area contributed by atoms with Crippen molar-refractivity contribution in [1.82, 2.24) is 10.2 Å². The second kappa shape index (κ2) is 4.42. The van der Waals surface area contributed by atoms with Crippen molar-refractivity contribution in [3.05, 3.63) is 41.1 Å². The maximum atomic E-state index is 11.8. The van der Waals surface area contributed by atoms with E-state index < -0.39 is 0 Å². The van der Waals surface area contributed by atoms with Crippen LogP contribution in [0.4, 0.5) is 5.82 Å². The number of carbonyl (C=O) groups is 1. The number of methoxy groups -OCH3 is 1. The van der Waals surface area contributed by atoms with E-state index in [2.05, 4.69) is 15.5 Å². The van der Waals surface area contributed by atoms with Crippen LogP contribution < -0.4 is 10.1 Å². The molecule has 0 bridgehead atoms. The molecular weight excluding hydrogens is 242 g/mol. The average molecular weight is 257 g/mol. The van der Waals surface area contributed by atoms with Gasteiger partial charge in [0.2, 0.25) is 5.91 Å². The predicted octanol–water partition coefficient (Wildman–Crippen LogP) is 2.20. The van der Waals surface area contributed by atoms with Gasteiger partial charge in [-0.1, -0.05) is 18.2 Å². The van der Waals surface area contributed by atoms with Gasteiger partial charge in [0, 0.05) is 29.2 Å². The summed E-state index contributed by atoms with van der Waals surface area (Å²) in [5.41, 5.74) is 3.04. The van der Waals surface area contributed by atoms with Crippen molar-refractivity contribution in [3.63, 3.8) is 0 Å². The van der Waals surface area contributed by atoms with Gasteiger partial charge >= 0.3 is 0 Å². The lowest BCUT2D eigenvalue weighted by Crippen LogP contribution is -2.23. The summed E-state index contributed by atoms with van der Waals surface area (Å²) in [6.07, 6.45) is 0.410. The number of fused-ring (bicyclic) bond motifs is 1. The van der Waals surface area contributed by atoms with Crippen molar-refractivity contribution in [1.29, 1.82) is 0 Å². The van der Waals surface area contributed by atoms with Crippen LogP contribution in [0.15, 0.2) is 24.3 Å². The van der Waals surface area contributed by atoms with Crippen LogP contribution in [0.2, 0.25) is 0 Å². The minimum atomic E-state index is -0.0186. The number of H-pyrrole nitrogens is 1. The molecule has 0 spiro atoms. The molecule has 1 unspecified atom stereocenters. The van der Waals surface area contributed by atoms with E-state index in [0.29, 0.717) is 12.2 Å². The lowest BCUT2D eigenvalue weighted by atomic mass is 9.85. The van der Waals surface area contributed by atoms with Gasteiger partial charge < -0.3 is 10.1 Å². The first kappa shape index (κ1) is 11.8. The first-order valence-corrected chi connectivity index (χ1v) is 6.18. The maximum Gasteiger partial charge on any atom is 0.226 e. The number of ether oxygens (including phenoxy) is 1. The Balaban J connectivity index is 2.15. The molecule has 0 radical (unpaired) electrons. The fourth-order valence-corrected chi connectivity index (χ4v) is 2.65. The van der Waals surface area contributed by atoms with Crippen molar-refractivity contribution in [2.75, 3.05) is 12.4 Å². The third-order valence-electron chi connectivity index (χ3n) is 3.50. The Hall–Kier alpha value is -2.30. The molecule has 2 aromatic rings. The zero-order valence-corrected chi connectivity index (χ0v) is 10.9. The lowest BCUT2D eigenvalue weighted by molar-refractivity contribution is -0.116. The van der Waals surface area contributed by atoms with Crippen molar-refractivity contribution in [3.8, 4) is 5.75 Å². The van der Waals surface area contributed by atoms with Gasteiger partial charge in [-0.3, -0.25) is 9.89 Å². The van der Waals surface area contributed by atoms with Crippen LogP contribution in [-0.2, 0) is 4.79 Å². The fourth-order valence-electron chi connectivity index (χ4n) is 2.65. The zero-order valence-electron chi connectivity index (χ0n) is 10.9. The summed E-state index contributed by atoms with van der Waals surface area (Å²) in [6, 6.07) is 7.79. The van der Waals surface area contributed by atoms with E-state index in [1.807, 2.05) is 31.2 Å². The van der Waals surface area contributed by atoms with Gasteiger partial charge in [-0.2, -0.15) is 5.10 Å². The Labute approximate surface area is 111 Å². The molecule has 1 aliphatic rings. The molecule has 5 nitrogen and oxygen atoms in total. The SMILES string of the molecule is COc1ccccc1C1CC(=O)Nc2n[nH]c(C)c21. The molecule has 1 aromatic heterocycles. The molecule has 1 aliphatic heterocycles. The third kappa shape index (κ3) is 1.87. The minimum absolute atomic E-state index is 0.0151. The van der Waals surface area contributed by atoms with Crippen LogP contribution >= 0.6 is 0 Å². The van der Waals surface area contributed by atoms with Crippen molar-refractivity contribution in [2.24, 2.45) is 0 Å². The lowest BCUT2D eigenvalue weighted by Gasteiger charge is -2.24. The van der Waals surface area contributed by atoms with Gasteiger partial charge in [-0.05, 0) is 13.0 Å². The van der Waals surface area contributed by atoms with Gasteiger partial charge in [0.25, 0.3) is 0 Å². The largest absolute Gasteiger partial charge is 0.496 e. The number of amides is 1. The highest BCUT2D eigenvalue weighted by Crippen LogP contribution is 2.41. The molecule has 0 saturated carbocycles. The van der Waals surface area contributed by atoms with Crippen LogP contribution in [0.25, 0.3) is 0 Å². The van der Waals surface area contributed by atoms with E-state index in [1.165, 1.54) is 0 Å². The summed E-state index contributed by atoms with van der Waals surface area (Å²) in [5.74, 6) is 1.40. The molecule has 1 aromatic carbocycles. The van der Waals surface area contributed by atoms with Gasteiger partial charge in [0.1, 0.15) is 5.75 Å². The Morgan fingerprint density at radius 1 is 1.37 bits per heavy atom. The molecule has 0 saturated heterocycles. The molecule has 1 atom stereocenters. The van der Waals surface area contributed by atoms with E-state index >= 15 is 0 Å². The van der Waals surface area contributed by atoms with E-state index in [-0.39, 0.29) is 11.8 Å². The normalized spacial score (nSPS) is 17.8. The van der Waals surface area contributed by atoms with Gasteiger partial charge in [0.15, 0.2) is 5.82 Å². The van der Waals surface area contributed by atoms with Crippen molar-refractivity contribution < 1.29 is 9.53 Å². The number of hydrogen-bond donors (Lipinski definition) is 2. The van der Waals surface area contributed by atoms with E-state index in [9.17, 15) is 4.79 Å². The van der Waals surface area contributed by atoms with Gasteiger partial charge in [-0.15, -0.1) is 0 Å². The smallest absolute Gasteiger partial charge is 0.226 e. The first-order valence-electron chi connectivity index (χ1n) is 6.18. The number of nitrogens with one attached hydrogen (secondary N) is 2. The zero-order chi connectivity index (χ0) is 13.4. The number of aromatic amines is 1. The number of aryl methyl sites for hydroxylation is 1. The molecule has 2 heterocycles. The standard InChI is InChI=1S/C14H15N3O2/c1-8-13-10(7-12(18)15-14(13)17-16-8)9-5-3-4-6-11(9)19-2/h3-6,10H,7H2,1-2H3,(H2,15,16,17,18). The molecule has 2 N–H and O–H groups in total. The number of aromatic nitrogens is 2. The van der Waals surface area contributed by atoms with Crippen LogP contribution in [0, 0.1) is 6.92 Å². The molecule has 5 heteroatoms. The third-order valence-corrected chi connectivity index (χ3v) is 3.50. The fraction of sp³-hybridized carbons (Fsp3) is 0.286. The summed E-state index contributed by atoms with van der Waals surface area (Å²) >= 11 is 0.